The van der Waals surface area contributed by atoms with Gasteiger partial charge in [0.1, 0.15) is 9.33 Å². The van der Waals surface area contributed by atoms with Crippen molar-refractivity contribution in [1.82, 2.24) is 5.32 Å². The van der Waals surface area contributed by atoms with E-state index in [4.69, 9.17) is 51.1 Å². The van der Waals surface area contributed by atoms with Crippen LogP contribution >= 0.6 is 46.4 Å². The zero-order chi connectivity index (χ0) is 20.7. The Kier molecular flexibility index (Phi) is 15.6. The number of nitrogens with one attached hydrogen (secondary N) is 1. The number of rotatable bonds is 11. The maximum absolute atomic E-state index is 12.2. The molecule has 0 heterocycles. The predicted molar refractivity (Wildman–Crippen MR) is 113 cm³/mol. The monoisotopic (exact) mass is 455 g/mol. The van der Waals surface area contributed by atoms with Crippen molar-refractivity contribution in [3.8, 4) is 11.8 Å². The molecule has 0 aromatic rings. The zero-order valence-corrected chi connectivity index (χ0v) is 18.5. The summed E-state index contributed by atoms with van der Waals surface area (Å²) in [4.78, 5) is 23.3. The van der Waals surface area contributed by atoms with Gasteiger partial charge in [-0.2, -0.15) is 0 Å². The van der Waals surface area contributed by atoms with Gasteiger partial charge in [-0.25, -0.2) is 0 Å². The molecule has 0 saturated carbocycles. The topological polar surface area (TPSA) is 55.4 Å². The molecule has 0 fully saturated rings. The van der Waals surface area contributed by atoms with Crippen molar-refractivity contribution in [2.75, 3.05) is 7.11 Å². The second kappa shape index (κ2) is 16.1. The Morgan fingerprint density at radius 3 is 2.44 bits per heavy atom. The lowest BCUT2D eigenvalue weighted by molar-refractivity contribution is -0.147. The summed E-state index contributed by atoms with van der Waals surface area (Å²) in [6.45, 7) is 1.43. The first-order valence-corrected chi connectivity index (χ1v) is 10.2. The van der Waals surface area contributed by atoms with E-state index >= 15 is 0 Å². The SMILES string of the molecule is COC(=O)C(CCC#CC=C(Cl)Cl)C(CCCC=CCC(Cl)Cl)NC(C)=O. The van der Waals surface area contributed by atoms with Crippen LogP contribution in [-0.2, 0) is 14.3 Å². The molecule has 0 aliphatic heterocycles. The van der Waals surface area contributed by atoms with Crippen LogP contribution in [-0.4, -0.2) is 29.9 Å². The Morgan fingerprint density at radius 1 is 1.19 bits per heavy atom. The van der Waals surface area contributed by atoms with Crippen LogP contribution in [0, 0.1) is 17.8 Å². The summed E-state index contributed by atoms with van der Waals surface area (Å²) < 4.78 is 4.98. The van der Waals surface area contributed by atoms with E-state index in [1.807, 2.05) is 12.2 Å². The van der Waals surface area contributed by atoms with Crippen LogP contribution in [0.1, 0.15) is 45.4 Å². The highest BCUT2D eigenvalue weighted by atomic mass is 35.5. The number of allylic oxidation sites excluding steroid dienone is 3. The fourth-order valence-corrected chi connectivity index (χ4v) is 2.76. The van der Waals surface area contributed by atoms with E-state index < -0.39 is 10.8 Å². The average molecular weight is 457 g/mol. The molecule has 2 unspecified atom stereocenters. The van der Waals surface area contributed by atoms with Crippen LogP contribution in [0.3, 0.4) is 0 Å². The van der Waals surface area contributed by atoms with Crippen LogP contribution in [0.4, 0.5) is 0 Å². The van der Waals surface area contributed by atoms with Gasteiger partial charge < -0.3 is 10.1 Å². The Labute approximate surface area is 181 Å². The van der Waals surface area contributed by atoms with E-state index in [1.54, 1.807) is 0 Å². The third-order valence-electron chi connectivity index (χ3n) is 3.61. The number of esters is 1. The number of methoxy groups -OCH3 is 1. The molecule has 1 amide bonds. The van der Waals surface area contributed by atoms with Crippen LogP contribution in [0.25, 0.3) is 0 Å². The van der Waals surface area contributed by atoms with Crippen molar-refractivity contribution in [1.29, 1.82) is 0 Å². The number of amides is 1. The molecule has 0 aliphatic rings. The number of carbonyl (C=O) groups excluding carboxylic acids is 2. The van der Waals surface area contributed by atoms with Crippen LogP contribution in [0.15, 0.2) is 22.7 Å². The molecule has 0 aromatic carbocycles. The number of halogens is 4. The third kappa shape index (κ3) is 14.8. The molecule has 8 heteroatoms. The van der Waals surface area contributed by atoms with Gasteiger partial charge in [0.15, 0.2) is 0 Å². The van der Waals surface area contributed by atoms with Crippen LogP contribution in [0.2, 0.25) is 0 Å². The Morgan fingerprint density at radius 2 is 1.89 bits per heavy atom. The van der Waals surface area contributed by atoms with Crippen LogP contribution < -0.4 is 5.32 Å². The summed E-state index contributed by atoms with van der Waals surface area (Å²) in [6.07, 6.45) is 8.99. The molecule has 0 radical (unpaired) electrons. The molecule has 0 aliphatic carbocycles. The van der Waals surface area contributed by atoms with Gasteiger partial charge >= 0.3 is 5.97 Å². The molecule has 0 bridgehead atoms. The molecule has 27 heavy (non-hydrogen) atoms. The van der Waals surface area contributed by atoms with Crippen LogP contribution in [0.5, 0.6) is 0 Å². The van der Waals surface area contributed by atoms with Gasteiger partial charge in [-0.15, -0.1) is 23.2 Å². The molecular weight excluding hydrogens is 432 g/mol. The summed E-state index contributed by atoms with van der Waals surface area (Å²) in [5.74, 6) is 4.53. The summed E-state index contributed by atoms with van der Waals surface area (Å²) >= 11 is 22.3. The highest BCUT2D eigenvalue weighted by Gasteiger charge is 2.28. The van der Waals surface area contributed by atoms with Gasteiger partial charge in [0.05, 0.1) is 13.0 Å². The lowest BCUT2D eigenvalue weighted by atomic mass is 9.90. The van der Waals surface area contributed by atoms with Crippen molar-refractivity contribution in [2.45, 2.75) is 56.3 Å². The second-order valence-corrected chi connectivity index (χ2v) is 8.04. The van der Waals surface area contributed by atoms with Crippen molar-refractivity contribution in [3.05, 3.63) is 22.7 Å². The molecule has 0 rings (SSSR count). The normalized spacial score (nSPS) is 12.9. The first-order valence-electron chi connectivity index (χ1n) is 8.55. The number of hydrogen-bond donors (Lipinski definition) is 1. The summed E-state index contributed by atoms with van der Waals surface area (Å²) in [5, 5.41) is 2.86. The fourth-order valence-electron chi connectivity index (χ4n) is 2.45. The summed E-state index contributed by atoms with van der Waals surface area (Å²) in [7, 11) is 1.33. The predicted octanol–water partition coefficient (Wildman–Crippen LogP) is 5.30. The highest BCUT2D eigenvalue weighted by molar-refractivity contribution is 6.56. The zero-order valence-electron chi connectivity index (χ0n) is 15.4. The van der Waals surface area contributed by atoms with E-state index in [9.17, 15) is 9.59 Å². The van der Waals surface area contributed by atoms with E-state index in [2.05, 4.69) is 17.2 Å². The van der Waals surface area contributed by atoms with Crippen molar-refractivity contribution < 1.29 is 14.3 Å². The summed E-state index contributed by atoms with van der Waals surface area (Å²) in [5.41, 5.74) is 0. The van der Waals surface area contributed by atoms with Crippen molar-refractivity contribution in [2.24, 2.45) is 5.92 Å². The number of carbonyl (C=O) groups is 2. The van der Waals surface area contributed by atoms with E-state index in [1.165, 1.54) is 20.1 Å². The lowest BCUT2D eigenvalue weighted by Crippen LogP contribution is -2.43. The van der Waals surface area contributed by atoms with Gasteiger partial charge in [0.25, 0.3) is 0 Å². The van der Waals surface area contributed by atoms with Crippen molar-refractivity contribution in [3.63, 3.8) is 0 Å². The van der Waals surface area contributed by atoms with Gasteiger partial charge in [-0.05, 0) is 32.1 Å². The first kappa shape index (κ1) is 26.1. The van der Waals surface area contributed by atoms with Gasteiger partial charge in [0, 0.05) is 25.5 Å². The molecule has 0 spiro atoms. The second-order valence-electron chi connectivity index (χ2n) is 5.76. The molecule has 0 aromatic heterocycles. The largest absolute Gasteiger partial charge is 0.469 e. The first-order chi connectivity index (χ1) is 12.8. The minimum absolute atomic E-state index is 0.0749. The Balaban J connectivity index is 4.86. The maximum atomic E-state index is 12.2. The quantitative estimate of drug-likeness (QED) is 0.151. The molecular formula is C19H25Cl4NO3. The Bertz CT molecular complexity index is 575. The molecule has 1 N–H and O–H groups in total. The number of alkyl halides is 2. The van der Waals surface area contributed by atoms with E-state index in [0.29, 0.717) is 25.7 Å². The van der Waals surface area contributed by atoms with Gasteiger partial charge in [-0.1, -0.05) is 47.2 Å². The van der Waals surface area contributed by atoms with E-state index in [-0.39, 0.29) is 22.4 Å². The minimum atomic E-state index is -0.484. The smallest absolute Gasteiger partial charge is 0.310 e. The lowest BCUT2D eigenvalue weighted by Gasteiger charge is -2.25. The standard InChI is InChI=1S/C19H25Cl4NO3/c1-14(25)24-16(11-7-3-4-8-12-17(20)21)15(19(26)27-2)10-6-5-9-13-18(22)23/h4,8,13,15-17H,3,6-7,10-12H2,1-2H3,(H,24,25). The van der Waals surface area contributed by atoms with Gasteiger partial charge in [0.2, 0.25) is 5.91 Å². The molecule has 0 saturated heterocycles. The van der Waals surface area contributed by atoms with E-state index in [0.717, 1.165) is 12.8 Å². The number of ether oxygens (including phenoxy) is 1. The minimum Gasteiger partial charge on any atom is -0.469 e. The number of unbranched alkanes of at least 4 members (excludes halogenated alkanes) is 1. The van der Waals surface area contributed by atoms with Gasteiger partial charge in [-0.3, -0.25) is 9.59 Å². The Hall–Kier alpha value is -0.860. The number of hydrogen-bond acceptors (Lipinski definition) is 3. The summed E-state index contributed by atoms with van der Waals surface area (Å²) in [6, 6.07) is -0.328. The highest BCUT2D eigenvalue weighted by Crippen LogP contribution is 2.19. The third-order valence-corrected chi connectivity index (χ3v) is 4.18. The van der Waals surface area contributed by atoms with Crippen molar-refractivity contribution >= 4 is 58.3 Å². The average Bonchev–Trinajstić information content (AvgIpc) is 2.58. The molecule has 2 atom stereocenters. The molecule has 152 valence electrons. The fraction of sp³-hybridized carbons (Fsp3) is 0.579. The molecule has 4 nitrogen and oxygen atoms in total. The maximum Gasteiger partial charge on any atom is 0.310 e.